The van der Waals surface area contributed by atoms with E-state index >= 15 is 0 Å². The van der Waals surface area contributed by atoms with Crippen LogP contribution in [0.3, 0.4) is 0 Å². The molecule has 2 heterocycles. The maximum atomic E-state index is 6.28. The summed E-state index contributed by atoms with van der Waals surface area (Å²) in [6.45, 7) is 0. The molecule has 0 amide bonds. The summed E-state index contributed by atoms with van der Waals surface area (Å²) in [5, 5.41) is 0.755. The van der Waals surface area contributed by atoms with Crippen molar-refractivity contribution in [3.05, 3.63) is 78.9 Å². The van der Waals surface area contributed by atoms with Crippen LogP contribution in [0.2, 0.25) is 0 Å². The maximum absolute atomic E-state index is 6.28. The first kappa shape index (κ1) is 12.8. The van der Waals surface area contributed by atoms with E-state index in [0.29, 0.717) is 23.0 Å². The van der Waals surface area contributed by atoms with Gasteiger partial charge in [0.25, 0.3) is 0 Å². The summed E-state index contributed by atoms with van der Waals surface area (Å²) in [7, 11) is -4.00. The summed E-state index contributed by atoms with van der Waals surface area (Å²) in [5.74, 6) is 2.51. The predicted molar refractivity (Wildman–Crippen MR) is 88.4 cm³/mol. The molecule has 1 spiro atoms. The fourth-order valence-corrected chi connectivity index (χ4v) is 6.14. The van der Waals surface area contributed by atoms with Gasteiger partial charge in [-0.25, -0.2) is 0 Å². The molecule has 0 atom stereocenters. The van der Waals surface area contributed by atoms with Gasteiger partial charge in [0.15, 0.2) is 0 Å². The topological polar surface area (TPSA) is 36.9 Å². The van der Waals surface area contributed by atoms with Gasteiger partial charge in [0.2, 0.25) is 0 Å². The molecule has 0 bridgehead atoms. The average Bonchev–Trinajstić information content (AvgIpc) is 3.11. The third-order valence-electron chi connectivity index (χ3n) is 3.90. The third-order valence-corrected chi connectivity index (χ3v) is 7.09. The van der Waals surface area contributed by atoms with Crippen molar-refractivity contribution in [2.75, 3.05) is 0 Å². The predicted octanol–water partition coefficient (Wildman–Crippen LogP) is 4.47. The van der Waals surface area contributed by atoms with Gasteiger partial charge in [0.1, 0.15) is 0 Å². The van der Waals surface area contributed by atoms with Crippen LogP contribution in [0.5, 0.6) is 23.0 Å². The van der Waals surface area contributed by atoms with Gasteiger partial charge in [-0.05, 0) is 0 Å². The van der Waals surface area contributed by atoms with E-state index in [0.717, 1.165) is 5.30 Å². The van der Waals surface area contributed by atoms with Gasteiger partial charge in [-0.1, -0.05) is 0 Å². The molecule has 0 saturated carbocycles. The number of hydrogen-bond donors (Lipinski definition) is 0. The molecule has 0 N–H and O–H groups in total. The Kier molecular flexibility index (Phi) is 2.33. The van der Waals surface area contributed by atoms with E-state index in [1.54, 1.807) is 0 Å². The molecule has 5 rings (SSSR count). The number of benzene rings is 3. The van der Waals surface area contributed by atoms with Gasteiger partial charge in [-0.3, -0.25) is 0 Å². The Morgan fingerprint density at radius 2 is 0.783 bits per heavy atom. The third kappa shape index (κ3) is 1.64. The van der Waals surface area contributed by atoms with Crippen molar-refractivity contribution >= 4 is 12.8 Å². The van der Waals surface area contributed by atoms with Crippen LogP contribution in [-0.4, -0.2) is 0 Å². The van der Waals surface area contributed by atoms with Crippen LogP contribution in [0.25, 0.3) is 0 Å². The molecular weight excluding hydrogens is 311 g/mol. The zero-order valence-corrected chi connectivity index (χ0v) is 13.0. The van der Waals surface area contributed by atoms with Crippen molar-refractivity contribution in [3.8, 4) is 23.0 Å². The molecule has 0 fully saturated rings. The van der Waals surface area contributed by atoms with Crippen LogP contribution in [0.15, 0.2) is 78.9 Å². The fraction of sp³-hybridized carbons (Fsp3) is 0. The first-order valence-electron chi connectivity index (χ1n) is 7.34. The van der Waals surface area contributed by atoms with Gasteiger partial charge in [-0.15, -0.1) is 0 Å². The Morgan fingerprint density at radius 1 is 0.435 bits per heavy atom. The van der Waals surface area contributed by atoms with Gasteiger partial charge in [0, 0.05) is 0 Å². The van der Waals surface area contributed by atoms with Crippen molar-refractivity contribution in [3.63, 3.8) is 0 Å². The van der Waals surface area contributed by atoms with Crippen molar-refractivity contribution in [2.45, 2.75) is 0 Å². The molecule has 23 heavy (non-hydrogen) atoms. The first-order valence-corrected chi connectivity index (χ1v) is 9.24. The zero-order valence-electron chi connectivity index (χ0n) is 12.1. The Bertz CT molecular complexity index is 797. The molecule has 0 aliphatic carbocycles. The fourth-order valence-electron chi connectivity index (χ4n) is 2.87. The summed E-state index contributed by atoms with van der Waals surface area (Å²) in [4.78, 5) is 0. The van der Waals surface area contributed by atoms with Crippen LogP contribution < -0.4 is 23.4 Å². The number of rotatable bonds is 1. The van der Waals surface area contributed by atoms with E-state index in [-0.39, 0.29) is 0 Å². The standard InChI is InChI=1S/C18H13O4P/c1-2-8-14(9-3-1)23(19-15-10-4-5-11-16(15)20-23)21-17-12-6-7-13-18(17)22-23/h1-13H. The number of para-hydroxylation sites is 4. The Balaban J connectivity index is 1.75. The van der Waals surface area contributed by atoms with Crippen molar-refractivity contribution < 1.29 is 18.1 Å². The van der Waals surface area contributed by atoms with E-state index in [1.807, 2.05) is 78.9 Å². The molecule has 0 aromatic heterocycles. The molecule has 3 aromatic carbocycles. The van der Waals surface area contributed by atoms with Crippen LogP contribution in [0, 0.1) is 0 Å². The number of hydrogen-bond acceptors (Lipinski definition) is 4. The van der Waals surface area contributed by atoms with Crippen LogP contribution in [0.4, 0.5) is 0 Å². The molecule has 2 aliphatic rings. The molecule has 114 valence electrons. The molecule has 2 aliphatic heterocycles. The quantitative estimate of drug-likeness (QED) is 0.619. The first-order chi connectivity index (χ1) is 11.3. The SMILES string of the molecule is c1ccc(P23(Oc4ccccc4O2)Oc2ccccc2O3)cc1. The van der Waals surface area contributed by atoms with Gasteiger partial charge in [-0.2, -0.15) is 0 Å². The second-order valence-corrected chi connectivity index (χ2v) is 8.28. The summed E-state index contributed by atoms with van der Waals surface area (Å²) >= 11 is 0. The van der Waals surface area contributed by atoms with Crippen LogP contribution in [-0.2, 0) is 0 Å². The minimum atomic E-state index is -4.00. The van der Waals surface area contributed by atoms with E-state index < -0.39 is 7.51 Å². The Morgan fingerprint density at radius 3 is 1.17 bits per heavy atom. The van der Waals surface area contributed by atoms with Gasteiger partial charge >= 0.3 is 133 Å². The molecule has 0 unspecified atom stereocenters. The molecule has 0 saturated heterocycles. The van der Waals surface area contributed by atoms with Crippen LogP contribution >= 0.6 is 7.51 Å². The van der Waals surface area contributed by atoms with E-state index in [4.69, 9.17) is 18.1 Å². The second-order valence-electron chi connectivity index (χ2n) is 5.41. The molecule has 4 nitrogen and oxygen atoms in total. The van der Waals surface area contributed by atoms with E-state index in [2.05, 4.69) is 0 Å². The van der Waals surface area contributed by atoms with E-state index in [1.165, 1.54) is 0 Å². The monoisotopic (exact) mass is 324 g/mol. The summed E-state index contributed by atoms with van der Waals surface area (Å²) in [6, 6.07) is 24.6. The Hall–Kier alpha value is -2.71. The molecule has 3 aromatic rings. The van der Waals surface area contributed by atoms with Gasteiger partial charge in [0.05, 0.1) is 0 Å². The second kappa shape index (κ2) is 4.18. The normalized spacial score (nSPS) is 19.9. The zero-order chi connectivity index (χ0) is 15.4. The summed E-state index contributed by atoms with van der Waals surface area (Å²) in [6.07, 6.45) is 0. The van der Waals surface area contributed by atoms with Crippen molar-refractivity contribution in [1.82, 2.24) is 0 Å². The van der Waals surface area contributed by atoms with Crippen molar-refractivity contribution in [1.29, 1.82) is 0 Å². The van der Waals surface area contributed by atoms with Crippen molar-refractivity contribution in [2.24, 2.45) is 0 Å². The van der Waals surface area contributed by atoms with Gasteiger partial charge < -0.3 is 0 Å². The average molecular weight is 324 g/mol. The summed E-state index contributed by atoms with van der Waals surface area (Å²) in [5.41, 5.74) is 0. The molecule has 5 heteroatoms. The molecule has 0 radical (unpaired) electrons. The van der Waals surface area contributed by atoms with Crippen LogP contribution in [0.1, 0.15) is 0 Å². The van der Waals surface area contributed by atoms with E-state index in [9.17, 15) is 0 Å². The Labute approximate surface area is 133 Å². The summed E-state index contributed by atoms with van der Waals surface area (Å²) < 4.78 is 25.1. The molecular formula is C18H13O4P. The number of fused-ring (bicyclic) bond motifs is 2. The minimum absolute atomic E-state index is 0.627.